The number of hydrogen-bond acceptors (Lipinski definition) is 4. The highest BCUT2D eigenvalue weighted by Crippen LogP contribution is 2.32. The van der Waals surface area contributed by atoms with Crippen LogP contribution in [0.1, 0.15) is 41.5 Å². The van der Waals surface area contributed by atoms with Crippen molar-refractivity contribution in [3.63, 3.8) is 0 Å². The maximum Gasteiger partial charge on any atom is 0.234 e. The van der Waals surface area contributed by atoms with Gasteiger partial charge >= 0.3 is 0 Å². The molecule has 1 aromatic heterocycles. The highest BCUT2D eigenvalue weighted by molar-refractivity contribution is 5.78. The number of rotatable bonds is 5. The Hall–Kier alpha value is -2.25. The summed E-state index contributed by atoms with van der Waals surface area (Å²) >= 11 is 0. The standard InChI is InChI=1S/C22H30FN5O/c1-16-25-22(20-14-26(2)11-12-28(16)20)18-7-9-27(10-8-18)15-21(29)24-13-17-3-5-19(23)6-4-17/h3-6,18H,7-15H2,1-2H3,(H,24,29). The Morgan fingerprint density at radius 3 is 2.62 bits per heavy atom. The molecule has 0 saturated carbocycles. The average Bonchev–Trinajstić information content (AvgIpc) is 3.04. The summed E-state index contributed by atoms with van der Waals surface area (Å²) in [4.78, 5) is 21.8. The predicted molar refractivity (Wildman–Crippen MR) is 110 cm³/mol. The summed E-state index contributed by atoms with van der Waals surface area (Å²) in [6.45, 7) is 7.86. The molecule has 0 atom stereocenters. The number of hydrogen-bond donors (Lipinski definition) is 1. The van der Waals surface area contributed by atoms with E-state index in [2.05, 4.69) is 33.7 Å². The topological polar surface area (TPSA) is 53.4 Å². The highest BCUT2D eigenvalue weighted by Gasteiger charge is 2.29. The van der Waals surface area contributed by atoms with Crippen LogP contribution in [0.5, 0.6) is 0 Å². The number of benzene rings is 1. The number of aryl methyl sites for hydroxylation is 1. The molecule has 1 amide bonds. The molecule has 0 bridgehead atoms. The first-order valence-corrected chi connectivity index (χ1v) is 10.5. The Kier molecular flexibility index (Phi) is 5.96. The molecule has 2 aliphatic rings. The second-order valence-corrected chi connectivity index (χ2v) is 8.33. The first-order chi connectivity index (χ1) is 14.0. The van der Waals surface area contributed by atoms with E-state index in [0.29, 0.717) is 19.0 Å². The van der Waals surface area contributed by atoms with Crippen molar-refractivity contribution in [3.8, 4) is 0 Å². The third kappa shape index (κ3) is 4.67. The molecular formula is C22H30FN5O. The second kappa shape index (κ2) is 8.63. The summed E-state index contributed by atoms with van der Waals surface area (Å²) in [6, 6.07) is 6.24. The average molecular weight is 400 g/mol. The van der Waals surface area contributed by atoms with E-state index in [1.54, 1.807) is 12.1 Å². The normalized spacial score (nSPS) is 18.6. The Labute approximate surface area is 171 Å². The summed E-state index contributed by atoms with van der Waals surface area (Å²) in [5.41, 5.74) is 3.56. The van der Waals surface area contributed by atoms with Crippen molar-refractivity contribution in [1.82, 2.24) is 24.7 Å². The molecule has 3 heterocycles. The first-order valence-electron chi connectivity index (χ1n) is 10.5. The van der Waals surface area contributed by atoms with E-state index in [0.717, 1.165) is 57.0 Å². The molecule has 6 nitrogen and oxygen atoms in total. The zero-order valence-electron chi connectivity index (χ0n) is 17.3. The number of nitrogens with one attached hydrogen (secondary N) is 1. The molecule has 0 unspecified atom stereocenters. The van der Waals surface area contributed by atoms with Crippen molar-refractivity contribution in [3.05, 3.63) is 52.9 Å². The summed E-state index contributed by atoms with van der Waals surface area (Å²) < 4.78 is 15.3. The molecular weight excluding hydrogens is 369 g/mol. The number of halogens is 1. The number of nitrogens with zero attached hydrogens (tertiary/aromatic N) is 4. The molecule has 0 radical (unpaired) electrons. The lowest BCUT2D eigenvalue weighted by Gasteiger charge is -2.32. The number of carbonyl (C=O) groups is 1. The van der Waals surface area contributed by atoms with Gasteiger partial charge in [0, 0.05) is 32.1 Å². The maximum absolute atomic E-state index is 13.0. The number of aromatic nitrogens is 2. The smallest absolute Gasteiger partial charge is 0.234 e. The van der Waals surface area contributed by atoms with Crippen LogP contribution in [0.3, 0.4) is 0 Å². The molecule has 0 aliphatic carbocycles. The summed E-state index contributed by atoms with van der Waals surface area (Å²) in [5, 5.41) is 2.93. The molecule has 1 aromatic carbocycles. The molecule has 4 rings (SSSR count). The van der Waals surface area contributed by atoms with E-state index < -0.39 is 0 Å². The molecule has 29 heavy (non-hydrogen) atoms. The van der Waals surface area contributed by atoms with Crippen molar-refractivity contribution in [2.45, 2.75) is 45.3 Å². The zero-order chi connectivity index (χ0) is 20.4. The fourth-order valence-corrected chi connectivity index (χ4v) is 4.45. The predicted octanol–water partition coefficient (Wildman–Crippen LogP) is 2.27. The lowest BCUT2D eigenvalue weighted by atomic mass is 9.92. The molecule has 0 spiro atoms. The number of imidazole rings is 1. The van der Waals surface area contributed by atoms with E-state index in [1.165, 1.54) is 23.5 Å². The third-order valence-electron chi connectivity index (χ3n) is 6.16. The van der Waals surface area contributed by atoms with Crippen LogP contribution in [0, 0.1) is 12.7 Å². The summed E-state index contributed by atoms with van der Waals surface area (Å²) in [7, 11) is 2.17. The van der Waals surface area contributed by atoms with Gasteiger partial charge in [0.05, 0.1) is 17.9 Å². The number of piperidine rings is 1. The van der Waals surface area contributed by atoms with E-state index >= 15 is 0 Å². The molecule has 1 fully saturated rings. The minimum Gasteiger partial charge on any atom is -0.351 e. The van der Waals surface area contributed by atoms with E-state index in [1.807, 2.05) is 0 Å². The van der Waals surface area contributed by atoms with Crippen molar-refractivity contribution in [1.29, 1.82) is 0 Å². The van der Waals surface area contributed by atoms with Gasteiger partial charge in [-0.25, -0.2) is 9.37 Å². The van der Waals surface area contributed by atoms with Crippen molar-refractivity contribution >= 4 is 5.91 Å². The van der Waals surface area contributed by atoms with Crippen LogP contribution >= 0.6 is 0 Å². The quantitative estimate of drug-likeness (QED) is 0.838. The fraction of sp³-hybridized carbons (Fsp3) is 0.545. The number of fused-ring (bicyclic) bond motifs is 1. The van der Waals surface area contributed by atoms with Gasteiger partial charge in [-0.05, 0) is 57.6 Å². The van der Waals surface area contributed by atoms with Crippen LogP contribution in [0.4, 0.5) is 4.39 Å². The van der Waals surface area contributed by atoms with Crippen LogP contribution in [-0.2, 0) is 24.4 Å². The lowest BCUT2D eigenvalue weighted by molar-refractivity contribution is -0.122. The Morgan fingerprint density at radius 2 is 1.90 bits per heavy atom. The minimum atomic E-state index is -0.260. The Balaban J connectivity index is 1.27. The van der Waals surface area contributed by atoms with Crippen molar-refractivity contribution in [2.75, 3.05) is 33.2 Å². The van der Waals surface area contributed by atoms with E-state index in [9.17, 15) is 9.18 Å². The van der Waals surface area contributed by atoms with Gasteiger partial charge in [0.25, 0.3) is 0 Å². The SMILES string of the molecule is Cc1nc(C2CCN(CC(=O)NCc3ccc(F)cc3)CC2)c2n1CCN(C)C2. The van der Waals surface area contributed by atoms with Crippen LogP contribution in [0.2, 0.25) is 0 Å². The van der Waals surface area contributed by atoms with Gasteiger partial charge in [-0.3, -0.25) is 14.6 Å². The molecule has 2 aliphatic heterocycles. The number of likely N-dealkylation sites (tertiary alicyclic amines) is 1. The van der Waals surface area contributed by atoms with Gasteiger partial charge in [-0.2, -0.15) is 0 Å². The Morgan fingerprint density at radius 1 is 1.17 bits per heavy atom. The van der Waals surface area contributed by atoms with Crippen LogP contribution in [0.15, 0.2) is 24.3 Å². The summed E-state index contributed by atoms with van der Waals surface area (Å²) in [5.74, 6) is 1.37. The molecule has 1 N–H and O–H groups in total. The fourth-order valence-electron chi connectivity index (χ4n) is 4.45. The molecule has 1 saturated heterocycles. The van der Waals surface area contributed by atoms with Gasteiger partial charge in [0.15, 0.2) is 0 Å². The van der Waals surface area contributed by atoms with Crippen molar-refractivity contribution in [2.24, 2.45) is 0 Å². The van der Waals surface area contributed by atoms with Gasteiger partial charge in [0.1, 0.15) is 11.6 Å². The number of amides is 1. The first kappa shape index (κ1) is 20.0. The van der Waals surface area contributed by atoms with Crippen LogP contribution in [-0.4, -0.2) is 58.5 Å². The molecule has 2 aromatic rings. The van der Waals surface area contributed by atoms with Gasteiger partial charge < -0.3 is 9.88 Å². The zero-order valence-corrected chi connectivity index (χ0v) is 17.3. The summed E-state index contributed by atoms with van der Waals surface area (Å²) in [6.07, 6.45) is 2.08. The van der Waals surface area contributed by atoms with Gasteiger partial charge in [0.2, 0.25) is 5.91 Å². The largest absolute Gasteiger partial charge is 0.351 e. The third-order valence-corrected chi connectivity index (χ3v) is 6.16. The number of carbonyl (C=O) groups excluding carboxylic acids is 1. The molecule has 156 valence electrons. The highest BCUT2D eigenvalue weighted by atomic mass is 19.1. The van der Waals surface area contributed by atoms with Crippen molar-refractivity contribution < 1.29 is 9.18 Å². The van der Waals surface area contributed by atoms with E-state index in [4.69, 9.17) is 4.98 Å². The van der Waals surface area contributed by atoms with E-state index in [-0.39, 0.29) is 11.7 Å². The monoisotopic (exact) mass is 399 g/mol. The van der Waals surface area contributed by atoms with Gasteiger partial charge in [-0.1, -0.05) is 12.1 Å². The van der Waals surface area contributed by atoms with Crippen LogP contribution in [0.25, 0.3) is 0 Å². The van der Waals surface area contributed by atoms with Gasteiger partial charge in [-0.15, -0.1) is 0 Å². The van der Waals surface area contributed by atoms with Crippen LogP contribution < -0.4 is 5.32 Å². The second-order valence-electron chi connectivity index (χ2n) is 8.33. The Bertz CT molecular complexity index is 855. The lowest BCUT2D eigenvalue weighted by Crippen LogP contribution is -2.41. The maximum atomic E-state index is 13.0. The minimum absolute atomic E-state index is 0.0182. The number of likely N-dealkylation sites (N-methyl/N-ethyl adjacent to an activating group) is 1. The molecule has 7 heteroatoms.